The van der Waals surface area contributed by atoms with E-state index in [2.05, 4.69) is 10.1 Å². The van der Waals surface area contributed by atoms with Crippen molar-refractivity contribution < 1.29 is 14.1 Å². The molecule has 5 nitrogen and oxygen atoms in total. The Morgan fingerprint density at radius 1 is 1.11 bits per heavy atom. The van der Waals surface area contributed by atoms with Crippen LogP contribution in [-0.2, 0) is 6.61 Å². The lowest BCUT2D eigenvalue weighted by atomic mass is 10.1. The molecule has 0 saturated heterocycles. The maximum Gasteiger partial charge on any atom is 0.223 e. The van der Waals surface area contributed by atoms with Crippen LogP contribution in [0.2, 0.25) is 15.1 Å². The van der Waals surface area contributed by atoms with Crippen LogP contribution >= 0.6 is 34.8 Å². The van der Waals surface area contributed by atoms with E-state index in [0.717, 1.165) is 5.56 Å². The number of aromatic nitrogens is 2. The van der Waals surface area contributed by atoms with Gasteiger partial charge in [-0.2, -0.15) is 4.98 Å². The number of ketones is 1. The Labute approximate surface area is 170 Å². The first-order chi connectivity index (χ1) is 12.9. The van der Waals surface area contributed by atoms with E-state index in [1.165, 1.54) is 12.1 Å². The summed E-state index contributed by atoms with van der Waals surface area (Å²) in [5, 5.41) is 4.36. The third kappa shape index (κ3) is 4.89. The lowest BCUT2D eigenvalue weighted by Crippen LogP contribution is -1.97. The summed E-state index contributed by atoms with van der Waals surface area (Å²) >= 11 is 17.9. The maximum atomic E-state index is 12.3. The van der Waals surface area contributed by atoms with E-state index in [0.29, 0.717) is 22.5 Å². The molecule has 138 valence electrons. The fourth-order valence-corrected chi connectivity index (χ4v) is 2.83. The molecule has 0 N–H and O–H groups in total. The molecule has 0 atom stereocenters. The van der Waals surface area contributed by atoms with E-state index >= 15 is 0 Å². The molecule has 0 spiro atoms. The molecule has 27 heavy (non-hydrogen) atoms. The molecule has 0 saturated carbocycles. The predicted octanol–water partition coefficient (Wildman–Crippen LogP) is 5.81. The van der Waals surface area contributed by atoms with Crippen LogP contribution in [0.1, 0.15) is 27.6 Å². The summed E-state index contributed by atoms with van der Waals surface area (Å²) in [6, 6.07) is 10.3. The van der Waals surface area contributed by atoms with E-state index < -0.39 is 0 Å². The molecule has 0 aliphatic carbocycles. The number of allylic oxidation sites excluding steroid dienone is 1. The predicted molar refractivity (Wildman–Crippen MR) is 105 cm³/mol. The molecular formula is C19H13Cl3N2O3. The van der Waals surface area contributed by atoms with Crippen LogP contribution in [0, 0.1) is 6.92 Å². The molecule has 0 amide bonds. The van der Waals surface area contributed by atoms with Gasteiger partial charge in [0.15, 0.2) is 12.4 Å². The fraction of sp³-hybridized carbons (Fsp3) is 0.105. The molecule has 3 aromatic rings. The molecule has 1 aromatic heterocycles. The number of hydrogen-bond acceptors (Lipinski definition) is 5. The molecule has 0 bridgehead atoms. The highest BCUT2D eigenvalue weighted by molar-refractivity contribution is 6.49. The number of benzene rings is 2. The summed E-state index contributed by atoms with van der Waals surface area (Å²) in [7, 11) is 0. The van der Waals surface area contributed by atoms with Crippen molar-refractivity contribution in [3.63, 3.8) is 0 Å². The molecular weight excluding hydrogens is 411 g/mol. The van der Waals surface area contributed by atoms with Crippen LogP contribution in [0.4, 0.5) is 0 Å². The summed E-state index contributed by atoms with van der Waals surface area (Å²) in [5.74, 6) is 1.33. The van der Waals surface area contributed by atoms with Crippen LogP contribution in [0.5, 0.6) is 5.75 Å². The topological polar surface area (TPSA) is 65.2 Å². The second-order valence-electron chi connectivity index (χ2n) is 5.51. The number of halogens is 3. The van der Waals surface area contributed by atoms with Crippen molar-refractivity contribution in [2.24, 2.45) is 0 Å². The van der Waals surface area contributed by atoms with Gasteiger partial charge in [0.25, 0.3) is 0 Å². The minimum absolute atomic E-state index is 0.138. The smallest absolute Gasteiger partial charge is 0.223 e. The molecule has 8 heteroatoms. The Hall–Kier alpha value is -2.34. The number of ether oxygens (including phenoxy) is 1. The summed E-state index contributed by atoms with van der Waals surface area (Å²) in [5.41, 5.74) is 1.11. The van der Waals surface area contributed by atoms with Crippen LogP contribution in [-0.4, -0.2) is 15.9 Å². The highest BCUT2D eigenvalue weighted by Crippen LogP contribution is 2.33. The number of aryl methyl sites for hydroxylation is 1. The van der Waals surface area contributed by atoms with Crippen LogP contribution in [0.25, 0.3) is 6.08 Å². The fourth-order valence-electron chi connectivity index (χ4n) is 2.20. The average Bonchev–Trinajstić information content (AvgIpc) is 3.09. The Balaban J connectivity index is 1.63. The first kappa shape index (κ1) is 19.4. The van der Waals surface area contributed by atoms with Gasteiger partial charge in [0.05, 0.1) is 15.1 Å². The van der Waals surface area contributed by atoms with Crippen LogP contribution in [0.3, 0.4) is 0 Å². The second kappa shape index (κ2) is 8.57. The van der Waals surface area contributed by atoms with Crippen LogP contribution in [0.15, 0.2) is 47.0 Å². The van der Waals surface area contributed by atoms with Crippen LogP contribution < -0.4 is 4.74 Å². The van der Waals surface area contributed by atoms with Gasteiger partial charge in [-0.15, -0.1) is 0 Å². The molecule has 0 aliphatic rings. The molecule has 0 radical (unpaired) electrons. The van der Waals surface area contributed by atoms with Crippen molar-refractivity contribution in [3.05, 3.63) is 80.4 Å². The molecule has 0 fully saturated rings. The van der Waals surface area contributed by atoms with Crippen molar-refractivity contribution in [3.8, 4) is 5.75 Å². The first-order valence-corrected chi connectivity index (χ1v) is 8.95. The highest BCUT2D eigenvalue weighted by atomic mass is 35.5. The average molecular weight is 424 g/mol. The molecule has 3 rings (SSSR count). The minimum Gasteiger partial charge on any atom is -0.485 e. The quantitative estimate of drug-likeness (QED) is 0.284. The van der Waals surface area contributed by atoms with E-state index in [4.69, 9.17) is 44.1 Å². The normalized spacial score (nSPS) is 11.1. The van der Waals surface area contributed by atoms with Gasteiger partial charge in [-0.1, -0.05) is 58.2 Å². The number of carbonyl (C=O) groups excluding carboxylic acids is 1. The Bertz CT molecular complexity index is 998. The third-order valence-electron chi connectivity index (χ3n) is 3.55. The molecule has 2 aromatic carbocycles. The largest absolute Gasteiger partial charge is 0.485 e. The van der Waals surface area contributed by atoms with Crippen molar-refractivity contribution in [2.75, 3.05) is 0 Å². The maximum absolute atomic E-state index is 12.3. The Morgan fingerprint density at radius 3 is 2.52 bits per heavy atom. The Kier molecular flexibility index (Phi) is 6.16. The van der Waals surface area contributed by atoms with Gasteiger partial charge in [-0.3, -0.25) is 4.79 Å². The van der Waals surface area contributed by atoms with Gasteiger partial charge in [0.1, 0.15) is 5.75 Å². The molecule has 0 unspecified atom stereocenters. The van der Waals surface area contributed by atoms with Crippen molar-refractivity contribution in [1.82, 2.24) is 10.1 Å². The zero-order chi connectivity index (χ0) is 19.4. The summed E-state index contributed by atoms with van der Waals surface area (Å²) in [6.45, 7) is 1.92. The highest BCUT2D eigenvalue weighted by Gasteiger charge is 2.13. The Morgan fingerprint density at radius 2 is 1.85 bits per heavy atom. The van der Waals surface area contributed by atoms with E-state index in [1.54, 1.807) is 31.2 Å². The van der Waals surface area contributed by atoms with E-state index in [1.807, 2.05) is 12.1 Å². The number of nitrogens with zero attached hydrogens (tertiary/aromatic N) is 2. The second-order valence-corrected chi connectivity index (χ2v) is 6.67. The summed E-state index contributed by atoms with van der Waals surface area (Å²) in [6.07, 6.45) is 3.09. The first-order valence-electron chi connectivity index (χ1n) is 7.82. The zero-order valence-corrected chi connectivity index (χ0v) is 16.3. The number of carbonyl (C=O) groups is 1. The number of rotatable bonds is 6. The van der Waals surface area contributed by atoms with E-state index in [-0.39, 0.29) is 28.0 Å². The third-order valence-corrected chi connectivity index (χ3v) is 4.84. The van der Waals surface area contributed by atoms with Gasteiger partial charge < -0.3 is 9.26 Å². The lowest BCUT2D eigenvalue weighted by Gasteiger charge is -2.04. The SMILES string of the molecule is Cc1nc(COc2ccc(/C=C/C(=O)c3ccc(Cl)c(Cl)c3Cl)cc2)no1. The van der Waals surface area contributed by atoms with Crippen molar-refractivity contribution in [2.45, 2.75) is 13.5 Å². The van der Waals surface area contributed by atoms with Gasteiger partial charge in [0.2, 0.25) is 11.7 Å². The van der Waals surface area contributed by atoms with Gasteiger partial charge in [-0.05, 0) is 35.9 Å². The standard InChI is InChI=1S/C19H13Cl3N2O3/c1-11-23-17(24-27-11)10-26-13-5-2-12(3-6-13)4-9-16(25)14-7-8-15(20)19(22)18(14)21/h2-9H,10H2,1H3/b9-4+. The summed E-state index contributed by atoms with van der Waals surface area (Å²) < 4.78 is 10.5. The lowest BCUT2D eigenvalue weighted by molar-refractivity contribution is 0.104. The minimum atomic E-state index is -0.272. The van der Waals surface area contributed by atoms with E-state index in [9.17, 15) is 4.79 Å². The van der Waals surface area contributed by atoms with Gasteiger partial charge in [-0.25, -0.2) is 0 Å². The molecule has 1 heterocycles. The van der Waals surface area contributed by atoms with Gasteiger partial charge >= 0.3 is 0 Å². The van der Waals surface area contributed by atoms with Crippen molar-refractivity contribution >= 4 is 46.7 Å². The van der Waals surface area contributed by atoms with Gasteiger partial charge in [0, 0.05) is 12.5 Å². The zero-order valence-electron chi connectivity index (χ0n) is 14.1. The summed E-state index contributed by atoms with van der Waals surface area (Å²) in [4.78, 5) is 16.4. The number of hydrogen-bond donors (Lipinski definition) is 0. The van der Waals surface area contributed by atoms with Crippen molar-refractivity contribution in [1.29, 1.82) is 0 Å². The monoisotopic (exact) mass is 422 g/mol. The molecule has 0 aliphatic heterocycles.